The van der Waals surface area contributed by atoms with Crippen LogP contribution >= 0.6 is 0 Å². The summed E-state index contributed by atoms with van der Waals surface area (Å²) in [4.78, 5) is 30.0. The highest BCUT2D eigenvalue weighted by Crippen LogP contribution is 2.29. The van der Waals surface area contributed by atoms with Crippen LogP contribution in [0.25, 0.3) is 0 Å². The van der Waals surface area contributed by atoms with E-state index in [4.69, 9.17) is 18.7 Å². The number of aryl methyl sites for hydroxylation is 1. The molecule has 2 amide bonds. The summed E-state index contributed by atoms with van der Waals surface area (Å²) in [5.74, 6) is 0.959. The van der Waals surface area contributed by atoms with Gasteiger partial charge in [0.1, 0.15) is 29.4 Å². The van der Waals surface area contributed by atoms with E-state index in [0.717, 1.165) is 19.6 Å². The van der Waals surface area contributed by atoms with E-state index in [0.29, 0.717) is 49.3 Å². The van der Waals surface area contributed by atoms with Crippen molar-refractivity contribution in [2.75, 3.05) is 65.5 Å². The van der Waals surface area contributed by atoms with Crippen molar-refractivity contribution in [3.63, 3.8) is 0 Å². The molecule has 10 heteroatoms. The molecule has 1 aromatic heterocycles. The Morgan fingerprint density at radius 2 is 1.88 bits per heavy atom. The molecule has 2 heterocycles. The fourth-order valence-electron chi connectivity index (χ4n) is 3.56. The fraction of sp³-hybridized carbons (Fsp3) is 0.500. The highest BCUT2D eigenvalue weighted by atomic mass is 16.5. The van der Waals surface area contributed by atoms with Crippen molar-refractivity contribution in [3.8, 4) is 11.5 Å². The maximum absolute atomic E-state index is 13.5. The van der Waals surface area contributed by atoms with Crippen LogP contribution in [-0.4, -0.2) is 86.9 Å². The largest absolute Gasteiger partial charge is 0.496 e. The van der Waals surface area contributed by atoms with Crippen molar-refractivity contribution in [1.29, 1.82) is 0 Å². The second-order valence-corrected chi connectivity index (χ2v) is 7.44. The lowest BCUT2D eigenvalue weighted by Crippen LogP contribution is -2.41. The SMILES string of the molecule is COc1cccc(OC)c1C(=O)N(CCCN1CCOCC1)CC(=O)Nc1cc(C)on1. The molecule has 1 fully saturated rings. The molecule has 174 valence electrons. The molecule has 0 spiro atoms. The van der Waals surface area contributed by atoms with Crippen molar-refractivity contribution in [3.05, 3.63) is 35.6 Å². The second kappa shape index (κ2) is 11.5. The van der Waals surface area contributed by atoms with Crippen LogP contribution in [0.1, 0.15) is 22.5 Å². The van der Waals surface area contributed by atoms with Crippen molar-refractivity contribution >= 4 is 17.6 Å². The lowest BCUT2D eigenvalue weighted by atomic mass is 10.1. The highest BCUT2D eigenvalue weighted by molar-refractivity contribution is 6.02. The molecule has 3 rings (SSSR count). The molecule has 32 heavy (non-hydrogen) atoms. The van der Waals surface area contributed by atoms with E-state index in [1.807, 2.05) is 0 Å². The van der Waals surface area contributed by atoms with Gasteiger partial charge in [-0.1, -0.05) is 11.2 Å². The molecular weight excluding hydrogens is 416 g/mol. The van der Waals surface area contributed by atoms with Crippen molar-refractivity contribution in [2.24, 2.45) is 0 Å². The van der Waals surface area contributed by atoms with Crippen LogP contribution in [0.3, 0.4) is 0 Å². The molecule has 1 N–H and O–H groups in total. The molecule has 2 aromatic rings. The van der Waals surface area contributed by atoms with E-state index in [1.165, 1.54) is 19.1 Å². The summed E-state index contributed by atoms with van der Waals surface area (Å²) in [5, 5.41) is 6.44. The molecule has 1 saturated heterocycles. The maximum Gasteiger partial charge on any atom is 0.261 e. The number of carbonyl (C=O) groups is 2. The van der Waals surface area contributed by atoms with Gasteiger partial charge in [-0.25, -0.2) is 0 Å². The van der Waals surface area contributed by atoms with Crippen LogP contribution in [0.2, 0.25) is 0 Å². The third-order valence-corrected chi connectivity index (χ3v) is 5.16. The monoisotopic (exact) mass is 446 g/mol. The van der Waals surface area contributed by atoms with Gasteiger partial charge in [-0.15, -0.1) is 0 Å². The molecule has 1 aliphatic rings. The van der Waals surface area contributed by atoms with Gasteiger partial charge >= 0.3 is 0 Å². The van der Waals surface area contributed by atoms with Crippen LogP contribution in [0.15, 0.2) is 28.8 Å². The minimum absolute atomic E-state index is 0.144. The standard InChI is InChI=1S/C22H30N4O6/c1-16-14-19(24-32-16)23-20(27)15-26(9-5-8-25-10-12-31-13-11-25)22(28)21-17(29-2)6-4-7-18(21)30-3/h4,6-7,14H,5,8-13,15H2,1-3H3,(H,23,24,27). The Bertz CT molecular complexity index is 887. The van der Waals surface area contributed by atoms with Gasteiger partial charge in [0.2, 0.25) is 5.91 Å². The molecule has 1 aliphatic heterocycles. The van der Waals surface area contributed by atoms with Gasteiger partial charge in [0.25, 0.3) is 5.91 Å². The number of hydrogen-bond donors (Lipinski definition) is 1. The zero-order valence-electron chi connectivity index (χ0n) is 18.8. The van der Waals surface area contributed by atoms with E-state index in [1.54, 1.807) is 31.2 Å². The fourth-order valence-corrected chi connectivity index (χ4v) is 3.56. The number of nitrogens with one attached hydrogen (secondary N) is 1. The summed E-state index contributed by atoms with van der Waals surface area (Å²) >= 11 is 0. The van der Waals surface area contributed by atoms with Crippen LogP contribution in [0, 0.1) is 6.92 Å². The van der Waals surface area contributed by atoms with Crippen molar-refractivity contribution < 1.29 is 28.3 Å². The molecule has 0 saturated carbocycles. The molecule has 0 bridgehead atoms. The van der Waals surface area contributed by atoms with Gasteiger partial charge in [-0.3, -0.25) is 14.5 Å². The molecule has 0 atom stereocenters. The number of anilines is 1. The first kappa shape index (κ1) is 23.6. The normalized spacial score (nSPS) is 14.1. The van der Waals surface area contributed by atoms with Crippen LogP contribution < -0.4 is 14.8 Å². The van der Waals surface area contributed by atoms with Gasteiger partial charge in [-0.05, 0) is 25.5 Å². The lowest BCUT2D eigenvalue weighted by molar-refractivity contribution is -0.117. The molecule has 10 nitrogen and oxygen atoms in total. The van der Waals surface area contributed by atoms with Crippen molar-refractivity contribution in [1.82, 2.24) is 15.0 Å². The van der Waals surface area contributed by atoms with E-state index in [9.17, 15) is 9.59 Å². The third kappa shape index (κ3) is 6.21. The molecule has 0 aliphatic carbocycles. The van der Waals surface area contributed by atoms with Gasteiger partial charge in [0.15, 0.2) is 5.82 Å². The first-order chi connectivity index (χ1) is 15.5. The minimum atomic E-state index is -0.369. The average Bonchev–Trinajstić information content (AvgIpc) is 3.22. The summed E-state index contributed by atoms with van der Waals surface area (Å²) in [7, 11) is 2.99. The Hall–Kier alpha value is -3.11. The van der Waals surface area contributed by atoms with Gasteiger partial charge in [0, 0.05) is 32.2 Å². The lowest BCUT2D eigenvalue weighted by Gasteiger charge is -2.28. The Labute approximate surface area is 187 Å². The Morgan fingerprint density at radius 1 is 1.19 bits per heavy atom. The number of rotatable bonds is 10. The number of ether oxygens (including phenoxy) is 3. The summed E-state index contributed by atoms with van der Waals surface area (Å²) in [5.41, 5.74) is 0.286. The third-order valence-electron chi connectivity index (χ3n) is 5.16. The highest BCUT2D eigenvalue weighted by Gasteiger charge is 2.26. The minimum Gasteiger partial charge on any atom is -0.496 e. The zero-order chi connectivity index (χ0) is 22.9. The van der Waals surface area contributed by atoms with Crippen LogP contribution in [0.4, 0.5) is 5.82 Å². The number of methoxy groups -OCH3 is 2. The van der Waals surface area contributed by atoms with Gasteiger partial charge in [-0.2, -0.15) is 0 Å². The summed E-state index contributed by atoms with van der Waals surface area (Å²) in [6.45, 7) is 5.93. The molecule has 0 unspecified atom stereocenters. The molecule has 1 aromatic carbocycles. The topological polar surface area (TPSA) is 106 Å². The smallest absolute Gasteiger partial charge is 0.261 e. The zero-order valence-corrected chi connectivity index (χ0v) is 18.8. The van der Waals surface area contributed by atoms with Crippen LogP contribution in [-0.2, 0) is 9.53 Å². The number of carbonyl (C=O) groups excluding carboxylic acids is 2. The quantitative estimate of drug-likeness (QED) is 0.589. The number of hydrogen-bond acceptors (Lipinski definition) is 8. The van der Waals surface area contributed by atoms with Gasteiger partial charge < -0.3 is 29.0 Å². The molecule has 0 radical (unpaired) electrons. The summed E-state index contributed by atoms with van der Waals surface area (Å²) in [6.07, 6.45) is 0.708. The Balaban J connectivity index is 1.74. The number of aromatic nitrogens is 1. The van der Waals surface area contributed by atoms with Crippen LogP contribution in [0.5, 0.6) is 11.5 Å². The number of benzene rings is 1. The number of nitrogens with zero attached hydrogens (tertiary/aromatic N) is 3. The Morgan fingerprint density at radius 3 is 2.47 bits per heavy atom. The van der Waals surface area contributed by atoms with Gasteiger partial charge in [0.05, 0.1) is 27.4 Å². The number of amides is 2. The number of morpholine rings is 1. The summed E-state index contributed by atoms with van der Waals surface area (Å²) < 4.78 is 21.1. The maximum atomic E-state index is 13.5. The first-order valence-corrected chi connectivity index (χ1v) is 10.6. The van der Waals surface area contributed by atoms with E-state index in [-0.39, 0.29) is 23.9 Å². The predicted molar refractivity (Wildman–Crippen MR) is 117 cm³/mol. The summed E-state index contributed by atoms with van der Waals surface area (Å²) in [6, 6.07) is 6.75. The first-order valence-electron chi connectivity index (χ1n) is 10.6. The predicted octanol–water partition coefficient (Wildman–Crippen LogP) is 1.80. The van der Waals surface area contributed by atoms with E-state index >= 15 is 0 Å². The van der Waals surface area contributed by atoms with Crippen molar-refractivity contribution in [2.45, 2.75) is 13.3 Å². The van der Waals surface area contributed by atoms with E-state index < -0.39 is 0 Å². The second-order valence-electron chi connectivity index (χ2n) is 7.44. The molecular formula is C22H30N4O6. The van der Waals surface area contributed by atoms with E-state index in [2.05, 4.69) is 15.4 Å². The Kier molecular flexibility index (Phi) is 8.46. The average molecular weight is 447 g/mol.